The van der Waals surface area contributed by atoms with Crippen LogP contribution in [0.4, 0.5) is 5.69 Å². The standard InChI is InChI=1S/C17H14ClI2NO4/c1-8-4-14(15(24-3)7-12(8)18)21-17(23)11-5-10(19)6-13(20)16(11)25-9(2)22/h4-7H,1-3H3,(H,21,23). The van der Waals surface area contributed by atoms with Gasteiger partial charge >= 0.3 is 5.97 Å². The summed E-state index contributed by atoms with van der Waals surface area (Å²) in [5.41, 5.74) is 1.55. The number of anilines is 1. The van der Waals surface area contributed by atoms with Crippen molar-refractivity contribution in [3.8, 4) is 11.5 Å². The first-order chi connectivity index (χ1) is 11.7. The number of carbonyl (C=O) groups is 2. The summed E-state index contributed by atoms with van der Waals surface area (Å²) in [6, 6.07) is 6.84. The number of ether oxygens (including phenoxy) is 2. The van der Waals surface area contributed by atoms with Crippen LogP contribution in [0.2, 0.25) is 5.02 Å². The van der Waals surface area contributed by atoms with Crippen LogP contribution >= 0.6 is 56.8 Å². The SMILES string of the molecule is COc1cc(Cl)c(C)cc1NC(=O)c1cc(I)cc(I)c1OC(C)=O. The van der Waals surface area contributed by atoms with Gasteiger partial charge in [0.2, 0.25) is 0 Å². The average molecular weight is 586 g/mol. The third-order valence-corrected chi connectivity index (χ3v) is 5.06. The predicted molar refractivity (Wildman–Crippen MR) is 114 cm³/mol. The van der Waals surface area contributed by atoms with Crippen molar-refractivity contribution in [2.75, 3.05) is 12.4 Å². The van der Waals surface area contributed by atoms with Crippen LogP contribution in [0.5, 0.6) is 11.5 Å². The molecule has 0 radical (unpaired) electrons. The summed E-state index contributed by atoms with van der Waals surface area (Å²) in [6.45, 7) is 3.12. The molecular weight excluding hydrogens is 571 g/mol. The van der Waals surface area contributed by atoms with Crippen molar-refractivity contribution < 1.29 is 19.1 Å². The molecule has 0 aliphatic heterocycles. The number of carbonyl (C=O) groups excluding carboxylic acids is 2. The van der Waals surface area contributed by atoms with E-state index in [4.69, 9.17) is 21.1 Å². The third kappa shape index (κ3) is 4.98. The van der Waals surface area contributed by atoms with Crippen LogP contribution in [0.3, 0.4) is 0 Å². The molecule has 5 nitrogen and oxygen atoms in total. The highest BCUT2D eigenvalue weighted by Crippen LogP contribution is 2.33. The van der Waals surface area contributed by atoms with E-state index in [1.807, 2.05) is 35.6 Å². The molecule has 2 aromatic carbocycles. The maximum Gasteiger partial charge on any atom is 0.308 e. The van der Waals surface area contributed by atoms with E-state index in [0.717, 1.165) is 9.13 Å². The molecule has 0 saturated heterocycles. The first-order valence-corrected chi connectivity index (χ1v) is 9.59. The fourth-order valence-electron chi connectivity index (χ4n) is 2.10. The van der Waals surface area contributed by atoms with Crippen LogP contribution in [0.15, 0.2) is 24.3 Å². The van der Waals surface area contributed by atoms with E-state index in [1.54, 1.807) is 18.2 Å². The number of benzene rings is 2. The maximum atomic E-state index is 12.8. The van der Waals surface area contributed by atoms with Gasteiger partial charge in [0.1, 0.15) is 5.75 Å². The molecule has 0 saturated carbocycles. The highest BCUT2D eigenvalue weighted by Gasteiger charge is 2.20. The van der Waals surface area contributed by atoms with Crippen molar-refractivity contribution in [2.45, 2.75) is 13.8 Å². The van der Waals surface area contributed by atoms with Crippen molar-refractivity contribution in [3.63, 3.8) is 0 Å². The van der Waals surface area contributed by atoms with Gasteiger partial charge in [-0.05, 0) is 75.9 Å². The van der Waals surface area contributed by atoms with Crippen LogP contribution in [-0.2, 0) is 4.79 Å². The van der Waals surface area contributed by atoms with E-state index >= 15 is 0 Å². The maximum absolute atomic E-state index is 12.8. The quantitative estimate of drug-likeness (QED) is 0.310. The lowest BCUT2D eigenvalue weighted by Crippen LogP contribution is -2.16. The van der Waals surface area contributed by atoms with Gasteiger partial charge in [0.25, 0.3) is 5.91 Å². The van der Waals surface area contributed by atoms with E-state index in [-0.39, 0.29) is 11.3 Å². The number of halogens is 3. The van der Waals surface area contributed by atoms with Gasteiger partial charge in [-0.1, -0.05) is 11.6 Å². The second-order valence-electron chi connectivity index (χ2n) is 5.11. The molecule has 2 rings (SSSR count). The van der Waals surface area contributed by atoms with E-state index < -0.39 is 11.9 Å². The van der Waals surface area contributed by atoms with Crippen molar-refractivity contribution in [2.24, 2.45) is 0 Å². The lowest BCUT2D eigenvalue weighted by molar-refractivity contribution is -0.131. The van der Waals surface area contributed by atoms with Gasteiger partial charge in [0.05, 0.1) is 21.9 Å². The fraction of sp³-hybridized carbons (Fsp3) is 0.176. The Labute approximate surface area is 177 Å². The Balaban J connectivity index is 2.45. The van der Waals surface area contributed by atoms with E-state index in [2.05, 4.69) is 27.9 Å². The van der Waals surface area contributed by atoms with Crippen LogP contribution in [0.1, 0.15) is 22.8 Å². The van der Waals surface area contributed by atoms with Crippen LogP contribution in [-0.4, -0.2) is 19.0 Å². The zero-order valence-electron chi connectivity index (χ0n) is 13.6. The molecule has 0 atom stereocenters. The first-order valence-electron chi connectivity index (χ1n) is 7.06. The smallest absolute Gasteiger partial charge is 0.308 e. The molecule has 1 amide bonds. The van der Waals surface area contributed by atoms with E-state index in [0.29, 0.717) is 20.0 Å². The molecule has 8 heteroatoms. The third-order valence-electron chi connectivity index (χ3n) is 3.23. The average Bonchev–Trinajstić information content (AvgIpc) is 2.52. The molecule has 2 aromatic rings. The fourth-order valence-corrected chi connectivity index (χ4v) is 4.20. The molecule has 0 bridgehead atoms. The Hall–Kier alpha value is -1.07. The zero-order valence-corrected chi connectivity index (χ0v) is 18.6. The normalized spacial score (nSPS) is 10.3. The number of esters is 1. The Kier molecular flexibility index (Phi) is 6.92. The molecule has 0 fully saturated rings. The number of methoxy groups -OCH3 is 1. The number of nitrogens with one attached hydrogen (secondary N) is 1. The highest BCUT2D eigenvalue weighted by molar-refractivity contribution is 14.1. The van der Waals surface area contributed by atoms with Crippen molar-refractivity contribution in [1.82, 2.24) is 0 Å². The monoisotopic (exact) mass is 585 g/mol. The van der Waals surface area contributed by atoms with Gasteiger partial charge in [-0.25, -0.2) is 0 Å². The molecule has 0 unspecified atom stereocenters. The molecule has 25 heavy (non-hydrogen) atoms. The Morgan fingerprint density at radius 1 is 1.16 bits per heavy atom. The summed E-state index contributed by atoms with van der Waals surface area (Å²) in [7, 11) is 1.50. The number of rotatable bonds is 4. The Bertz CT molecular complexity index is 855. The first kappa shape index (κ1) is 20.2. The molecule has 132 valence electrons. The van der Waals surface area contributed by atoms with E-state index in [9.17, 15) is 9.59 Å². The lowest BCUT2D eigenvalue weighted by atomic mass is 10.1. The van der Waals surface area contributed by atoms with Crippen molar-refractivity contribution in [1.29, 1.82) is 0 Å². The van der Waals surface area contributed by atoms with Crippen molar-refractivity contribution in [3.05, 3.63) is 47.6 Å². The molecule has 1 N–H and O–H groups in total. The van der Waals surface area contributed by atoms with Gasteiger partial charge in [-0.2, -0.15) is 0 Å². The van der Waals surface area contributed by atoms with Gasteiger partial charge in [-0.3, -0.25) is 9.59 Å². The minimum Gasteiger partial charge on any atom is -0.495 e. The second-order valence-corrected chi connectivity index (χ2v) is 7.93. The zero-order chi connectivity index (χ0) is 18.7. The molecule has 0 aliphatic carbocycles. The number of aryl methyl sites for hydroxylation is 1. The van der Waals surface area contributed by atoms with E-state index in [1.165, 1.54) is 14.0 Å². The lowest BCUT2D eigenvalue weighted by Gasteiger charge is -2.15. The molecule has 0 aromatic heterocycles. The molecule has 0 heterocycles. The van der Waals surface area contributed by atoms with Gasteiger partial charge < -0.3 is 14.8 Å². The minimum atomic E-state index is -0.493. The summed E-state index contributed by atoms with van der Waals surface area (Å²) >= 11 is 10.2. The van der Waals surface area contributed by atoms with Gasteiger partial charge in [0, 0.05) is 21.6 Å². The Morgan fingerprint density at radius 3 is 2.44 bits per heavy atom. The largest absolute Gasteiger partial charge is 0.495 e. The molecular formula is C17H14ClI2NO4. The van der Waals surface area contributed by atoms with Crippen LogP contribution in [0, 0.1) is 14.1 Å². The van der Waals surface area contributed by atoms with Gasteiger partial charge in [0.15, 0.2) is 5.75 Å². The number of hydrogen-bond donors (Lipinski definition) is 1. The van der Waals surface area contributed by atoms with Crippen LogP contribution in [0.25, 0.3) is 0 Å². The summed E-state index contributed by atoms with van der Waals surface area (Å²) in [6.07, 6.45) is 0. The topological polar surface area (TPSA) is 64.6 Å². The predicted octanol–water partition coefficient (Wildman–Crippen LogP) is 5.04. The summed E-state index contributed by atoms with van der Waals surface area (Å²) in [5, 5.41) is 3.33. The summed E-state index contributed by atoms with van der Waals surface area (Å²) < 4.78 is 12.0. The highest BCUT2D eigenvalue weighted by atomic mass is 127. The summed E-state index contributed by atoms with van der Waals surface area (Å²) in [4.78, 5) is 24.2. The minimum absolute atomic E-state index is 0.232. The molecule has 0 spiro atoms. The second kappa shape index (κ2) is 8.54. The number of hydrogen-bond acceptors (Lipinski definition) is 4. The van der Waals surface area contributed by atoms with Crippen LogP contribution < -0.4 is 14.8 Å². The molecule has 0 aliphatic rings. The summed E-state index contributed by atoms with van der Waals surface area (Å²) in [5.74, 6) is -0.227. The van der Waals surface area contributed by atoms with Crippen molar-refractivity contribution >= 4 is 74.3 Å². The number of amides is 1. The Morgan fingerprint density at radius 2 is 1.84 bits per heavy atom. The van der Waals surface area contributed by atoms with Gasteiger partial charge in [-0.15, -0.1) is 0 Å².